The molecule has 1 nitrogen and oxygen atoms in total. The summed E-state index contributed by atoms with van der Waals surface area (Å²) in [4.78, 5) is 0. The maximum Gasteiger partial charge on any atom is 0.194 e. The summed E-state index contributed by atoms with van der Waals surface area (Å²) in [7, 11) is 0. The molecule has 0 bridgehead atoms. The van der Waals surface area contributed by atoms with Crippen LogP contribution in [0.1, 0.15) is 31.4 Å². The molecule has 1 aromatic carbocycles. The third-order valence-corrected chi connectivity index (χ3v) is 2.03. The number of hydrogen-bond acceptors (Lipinski definition) is 1. The van der Waals surface area contributed by atoms with Crippen LogP contribution in [0.5, 0.6) is 0 Å². The summed E-state index contributed by atoms with van der Waals surface area (Å²) >= 11 is 0. The Hall–Kier alpha value is -0.740. The molecule has 0 aliphatic carbocycles. The van der Waals surface area contributed by atoms with Crippen molar-refractivity contribution >= 4 is 12.4 Å². The predicted octanol–water partition coefficient (Wildman–Crippen LogP) is 3.33. The molecule has 15 heavy (non-hydrogen) atoms. The molecule has 0 aliphatic heterocycles. The van der Waals surface area contributed by atoms with Crippen molar-refractivity contribution in [3.8, 4) is 0 Å². The summed E-state index contributed by atoms with van der Waals surface area (Å²) in [5.41, 5.74) is 5.93. The average molecular weight is 240 g/mol. The van der Waals surface area contributed by atoms with E-state index in [0.29, 0.717) is 12.0 Å². The van der Waals surface area contributed by atoms with Gasteiger partial charge in [0, 0.05) is 6.04 Å². The molecule has 0 aliphatic rings. The molecule has 0 amide bonds. The molecule has 86 valence electrons. The summed E-state index contributed by atoms with van der Waals surface area (Å²) in [6.45, 7) is 1.91. The minimum absolute atomic E-state index is 0. The highest BCUT2D eigenvalue weighted by Gasteiger charge is 2.13. The van der Waals surface area contributed by atoms with Crippen molar-refractivity contribution in [2.75, 3.05) is 0 Å². The highest BCUT2D eigenvalue weighted by Crippen LogP contribution is 2.20. The number of rotatable bonds is 3. The van der Waals surface area contributed by atoms with E-state index in [1.54, 1.807) is 0 Å². The maximum atomic E-state index is 12.8. The zero-order valence-corrected chi connectivity index (χ0v) is 9.08. The van der Waals surface area contributed by atoms with Crippen molar-refractivity contribution in [1.82, 2.24) is 0 Å². The van der Waals surface area contributed by atoms with Crippen LogP contribution in [-0.4, -0.2) is 0 Å². The zero-order chi connectivity index (χ0) is 10.7. The van der Waals surface area contributed by atoms with Crippen molar-refractivity contribution in [1.29, 1.82) is 0 Å². The van der Waals surface area contributed by atoms with E-state index in [-0.39, 0.29) is 12.4 Å². The van der Waals surface area contributed by atoms with Crippen LogP contribution in [0.3, 0.4) is 0 Å². The molecule has 1 atom stereocenters. The van der Waals surface area contributed by atoms with Crippen LogP contribution in [-0.2, 0) is 0 Å². The highest BCUT2D eigenvalue weighted by molar-refractivity contribution is 5.85. The van der Waals surface area contributed by atoms with Gasteiger partial charge in [0.25, 0.3) is 0 Å². The van der Waals surface area contributed by atoms with Gasteiger partial charge in [-0.1, -0.05) is 13.3 Å². The Kier molecular flexibility index (Phi) is 5.68. The smallest absolute Gasteiger partial charge is 0.194 e. The molecule has 0 saturated heterocycles. The third-order valence-electron chi connectivity index (χ3n) is 2.03. The van der Waals surface area contributed by atoms with Crippen molar-refractivity contribution in [3.63, 3.8) is 0 Å². The lowest BCUT2D eigenvalue weighted by atomic mass is 10.0. The summed E-state index contributed by atoms with van der Waals surface area (Å²) in [5, 5.41) is 0. The third kappa shape index (κ3) is 3.39. The van der Waals surface area contributed by atoms with Gasteiger partial charge in [-0.05, 0) is 24.1 Å². The van der Waals surface area contributed by atoms with Crippen LogP contribution in [0.25, 0.3) is 0 Å². The lowest BCUT2D eigenvalue weighted by molar-refractivity contribution is 0.442. The van der Waals surface area contributed by atoms with Crippen LogP contribution in [0.15, 0.2) is 12.1 Å². The molecule has 0 unspecified atom stereocenters. The van der Waals surface area contributed by atoms with Gasteiger partial charge in [-0.3, -0.25) is 0 Å². The molecule has 1 aromatic rings. The first-order chi connectivity index (χ1) is 6.56. The van der Waals surface area contributed by atoms with E-state index in [4.69, 9.17) is 5.73 Å². The molecule has 5 heteroatoms. The second kappa shape index (κ2) is 5.98. The summed E-state index contributed by atoms with van der Waals surface area (Å²) < 4.78 is 38.1. The van der Waals surface area contributed by atoms with E-state index < -0.39 is 23.5 Å². The summed E-state index contributed by atoms with van der Waals surface area (Å²) in [5.74, 6) is -3.82. The Morgan fingerprint density at radius 2 is 1.67 bits per heavy atom. The van der Waals surface area contributed by atoms with Gasteiger partial charge in [-0.25, -0.2) is 13.2 Å². The SMILES string of the molecule is CCC[C@H](N)c1cc(F)c(F)c(F)c1.Cl. The number of benzene rings is 1. The summed E-state index contributed by atoms with van der Waals surface area (Å²) in [6.07, 6.45) is 1.42. The number of hydrogen-bond donors (Lipinski definition) is 1. The largest absolute Gasteiger partial charge is 0.324 e. The number of halogens is 4. The zero-order valence-electron chi connectivity index (χ0n) is 8.27. The molecule has 2 N–H and O–H groups in total. The minimum atomic E-state index is -1.45. The molecule has 0 saturated carbocycles. The van der Waals surface area contributed by atoms with Crippen LogP contribution in [0.4, 0.5) is 13.2 Å². The minimum Gasteiger partial charge on any atom is -0.324 e. The lowest BCUT2D eigenvalue weighted by Gasteiger charge is -2.11. The molecule has 0 spiro atoms. The van der Waals surface area contributed by atoms with E-state index in [2.05, 4.69) is 0 Å². The fourth-order valence-electron chi connectivity index (χ4n) is 1.27. The van der Waals surface area contributed by atoms with Crippen LogP contribution in [0.2, 0.25) is 0 Å². The molecular formula is C10H13ClF3N. The topological polar surface area (TPSA) is 26.0 Å². The van der Waals surface area contributed by atoms with Crippen molar-refractivity contribution in [2.24, 2.45) is 5.73 Å². The molecule has 0 radical (unpaired) electrons. The first kappa shape index (κ1) is 14.3. The Morgan fingerprint density at radius 3 is 2.07 bits per heavy atom. The van der Waals surface area contributed by atoms with Gasteiger partial charge in [-0.2, -0.15) is 0 Å². The van der Waals surface area contributed by atoms with Crippen LogP contribution < -0.4 is 5.73 Å². The van der Waals surface area contributed by atoms with Crippen LogP contribution >= 0.6 is 12.4 Å². The second-order valence-electron chi connectivity index (χ2n) is 3.19. The monoisotopic (exact) mass is 239 g/mol. The van der Waals surface area contributed by atoms with E-state index in [9.17, 15) is 13.2 Å². The first-order valence-corrected chi connectivity index (χ1v) is 4.46. The highest BCUT2D eigenvalue weighted by atomic mass is 35.5. The quantitative estimate of drug-likeness (QED) is 0.805. The molecule has 0 heterocycles. The Bertz CT molecular complexity index is 307. The fraction of sp³-hybridized carbons (Fsp3) is 0.400. The van der Waals surface area contributed by atoms with Gasteiger partial charge in [0.1, 0.15) is 0 Å². The first-order valence-electron chi connectivity index (χ1n) is 4.46. The second-order valence-corrected chi connectivity index (χ2v) is 3.19. The maximum absolute atomic E-state index is 12.8. The standard InChI is InChI=1S/C10H12F3N.ClH/c1-2-3-9(14)6-4-7(11)10(13)8(12)5-6;/h4-5,9H,2-3,14H2,1H3;1H/t9-;/m0./s1. The lowest BCUT2D eigenvalue weighted by Crippen LogP contribution is -2.11. The molecule has 0 aromatic heterocycles. The Labute approximate surface area is 92.9 Å². The van der Waals surface area contributed by atoms with Gasteiger partial charge in [0.05, 0.1) is 0 Å². The average Bonchev–Trinajstić information content (AvgIpc) is 2.13. The predicted molar refractivity (Wildman–Crippen MR) is 55.4 cm³/mol. The summed E-state index contributed by atoms with van der Waals surface area (Å²) in [6, 6.07) is 1.45. The van der Waals surface area contributed by atoms with Gasteiger partial charge in [-0.15, -0.1) is 12.4 Å². The van der Waals surface area contributed by atoms with E-state index in [1.807, 2.05) is 6.92 Å². The Morgan fingerprint density at radius 1 is 1.20 bits per heavy atom. The van der Waals surface area contributed by atoms with E-state index in [1.165, 1.54) is 0 Å². The van der Waals surface area contributed by atoms with Crippen molar-refractivity contribution in [3.05, 3.63) is 35.1 Å². The van der Waals surface area contributed by atoms with Crippen molar-refractivity contribution < 1.29 is 13.2 Å². The molecule has 1 rings (SSSR count). The van der Waals surface area contributed by atoms with Gasteiger partial charge in [0.15, 0.2) is 17.5 Å². The molecular weight excluding hydrogens is 227 g/mol. The van der Waals surface area contributed by atoms with Gasteiger partial charge in [0.2, 0.25) is 0 Å². The van der Waals surface area contributed by atoms with Crippen LogP contribution in [0, 0.1) is 17.5 Å². The van der Waals surface area contributed by atoms with Crippen molar-refractivity contribution in [2.45, 2.75) is 25.8 Å². The van der Waals surface area contributed by atoms with Gasteiger partial charge < -0.3 is 5.73 Å². The normalized spacial score (nSPS) is 12.1. The van der Waals surface area contributed by atoms with E-state index in [0.717, 1.165) is 18.6 Å². The number of nitrogens with two attached hydrogens (primary N) is 1. The van der Waals surface area contributed by atoms with Gasteiger partial charge >= 0.3 is 0 Å². The Balaban J connectivity index is 0.00000196. The van der Waals surface area contributed by atoms with E-state index >= 15 is 0 Å². The fourth-order valence-corrected chi connectivity index (χ4v) is 1.27. The molecule has 0 fully saturated rings.